The summed E-state index contributed by atoms with van der Waals surface area (Å²) in [5.74, 6) is 0. The van der Waals surface area contributed by atoms with E-state index >= 15 is 0 Å². The Morgan fingerprint density at radius 1 is 1.42 bits per heavy atom. The lowest BCUT2D eigenvalue weighted by atomic mass is 9.69. The van der Waals surface area contributed by atoms with E-state index in [-0.39, 0.29) is 0 Å². The number of rotatable bonds is 5. The summed E-state index contributed by atoms with van der Waals surface area (Å²) in [6, 6.07) is 0.313. The van der Waals surface area contributed by atoms with E-state index in [0.29, 0.717) is 11.5 Å². The summed E-state index contributed by atoms with van der Waals surface area (Å²) in [5, 5.41) is 8.83. The highest BCUT2D eigenvalue weighted by Crippen LogP contribution is 2.46. The number of hydrogen-bond acceptors (Lipinski definition) is 2. The van der Waals surface area contributed by atoms with Crippen LogP contribution in [-0.4, -0.2) is 16.3 Å². The molecule has 0 radical (unpaired) electrons. The molecular weight excluding hydrogens is 258 g/mol. The van der Waals surface area contributed by atoms with Crippen molar-refractivity contribution in [2.24, 2.45) is 12.5 Å². The molecule has 0 saturated heterocycles. The molecule has 19 heavy (non-hydrogen) atoms. The van der Waals surface area contributed by atoms with Gasteiger partial charge in [-0.2, -0.15) is 5.10 Å². The largest absolute Gasteiger partial charge is 0.308 e. The van der Waals surface area contributed by atoms with Gasteiger partial charge in [0.25, 0.3) is 0 Å². The molecule has 1 aliphatic rings. The molecule has 1 N–H and O–H groups in total. The Hall–Kier alpha value is -0.540. The zero-order chi connectivity index (χ0) is 13.9. The molecule has 0 spiro atoms. The molecule has 1 atom stereocenters. The van der Waals surface area contributed by atoms with Crippen molar-refractivity contribution in [2.75, 3.05) is 6.54 Å². The van der Waals surface area contributed by atoms with Gasteiger partial charge in [0.2, 0.25) is 0 Å². The van der Waals surface area contributed by atoms with E-state index in [1.807, 2.05) is 11.7 Å². The molecule has 0 bridgehead atoms. The van der Waals surface area contributed by atoms with Crippen molar-refractivity contribution in [3.63, 3.8) is 0 Å². The van der Waals surface area contributed by atoms with Gasteiger partial charge in [0.1, 0.15) is 0 Å². The van der Waals surface area contributed by atoms with Gasteiger partial charge in [-0.25, -0.2) is 0 Å². The molecule has 2 rings (SSSR count). The molecule has 1 fully saturated rings. The number of nitrogens with one attached hydrogen (secondary N) is 1. The van der Waals surface area contributed by atoms with Crippen molar-refractivity contribution >= 4 is 11.6 Å². The Kier molecular flexibility index (Phi) is 4.91. The molecule has 1 heterocycles. The average molecular weight is 284 g/mol. The highest BCUT2D eigenvalue weighted by atomic mass is 35.5. The van der Waals surface area contributed by atoms with Crippen LogP contribution in [-0.2, 0) is 7.05 Å². The van der Waals surface area contributed by atoms with E-state index in [1.165, 1.54) is 32.1 Å². The third-order valence-corrected chi connectivity index (χ3v) is 4.79. The first kappa shape index (κ1) is 14.9. The molecule has 0 amide bonds. The first-order valence-electron chi connectivity index (χ1n) is 7.49. The van der Waals surface area contributed by atoms with Crippen LogP contribution in [0.3, 0.4) is 0 Å². The lowest BCUT2D eigenvalue weighted by Gasteiger charge is -2.41. The minimum absolute atomic E-state index is 0.296. The Bertz CT molecular complexity index is 388. The summed E-state index contributed by atoms with van der Waals surface area (Å²) in [5.41, 5.74) is 1.45. The van der Waals surface area contributed by atoms with E-state index in [1.54, 1.807) is 6.20 Å². The second kappa shape index (κ2) is 6.27. The Morgan fingerprint density at radius 3 is 2.63 bits per heavy atom. The minimum Gasteiger partial charge on any atom is -0.308 e. The molecule has 0 aromatic carbocycles. The summed E-state index contributed by atoms with van der Waals surface area (Å²) in [4.78, 5) is 0. The van der Waals surface area contributed by atoms with E-state index in [2.05, 4.69) is 24.3 Å². The summed E-state index contributed by atoms with van der Waals surface area (Å²) in [7, 11) is 1.99. The van der Waals surface area contributed by atoms with Crippen LogP contribution in [0.5, 0.6) is 0 Å². The van der Waals surface area contributed by atoms with E-state index < -0.39 is 0 Å². The van der Waals surface area contributed by atoms with E-state index in [4.69, 9.17) is 11.6 Å². The molecular formula is C15H26ClN3. The predicted molar refractivity (Wildman–Crippen MR) is 80.4 cm³/mol. The van der Waals surface area contributed by atoms with E-state index in [9.17, 15) is 0 Å². The second-order valence-electron chi connectivity index (χ2n) is 6.10. The quantitative estimate of drug-likeness (QED) is 0.882. The third kappa shape index (κ3) is 3.14. The average Bonchev–Trinajstić information content (AvgIpc) is 2.72. The molecule has 4 heteroatoms. The highest BCUT2D eigenvalue weighted by Gasteiger charge is 2.38. The topological polar surface area (TPSA) is 29.9 Å². The smallest absolute Gasteiger partial charge is 0.0834 e. The lowest BCUT2D eigenvalue weighted by molar-refractivity contribution is 0.139. The normalized spacial score (nSPS) is 20.4. The van der Waals surface area contributed by atoms with Crippen LogP contribution in [0.15, 0.2) is 6.20 Å². The van der Waals surface area contributed by atoms with Gasteiger partial charge in [0, 0.05) is 7.05 Å². The van der Waals surface area contributed by atoms with Crippen molar-refractivity contribution in [3.05, 3.63) is 16.9 Å². The maximum Gasteiger partial charge on any atom is 0.0834 e. The van der Waals surface area contributed by atoms with Crippen molar-refractivity contribution < 1.29 is 0 Å². The van der Waals surface area contributed by atoms with Gasteiger partial charge in [-0.05, 0) is 31.2 Å². The summed E-state index contributed by atoms with van der Waals surface area (Å²) in [6.07, 6.45) is 9.49. The fourth-order valence-corrected chi connectivity index (χ4v) is 3.63. The Balaban J connectivity index is 2.29. The number of aryl methyl sites for hydroxylation is 1. The van der Waals surface area contributed by atoms with Crippen LogP contribution in [0, 0.1) is 5.41 Å². The molecule has 0 aliphatic heterocycles. The fraction of sp³-hybridized carbons (Fsp3) is 0.800. The Labute approximate surface area is 121 Å². The van der Waals surface area contributed by atoms with Crippen LogP contribution in [0.25, 0.3) is 0 Å². The maximum atomic E-state index is 6.38. The fourth-order valence-electron chi connectivity index (χ4n) is 3.35. The number of aromatic nitrogens is 2. The summed E-state index contributed by atoms with van der Waals surface area (Å²) in [6.45, 7) is 5.64. The highest BCUT2D eigenvalue weighted by molar-refractivity contribution is 6.31. The van der Waals surface area contributed by atoms with Gasteiger partial charge in [-0.15, -0.1) is 0 Å². The zero-order valence-electron chi connectivity index (χ0n) is 12.4. The maximum absolute atomic E-state index is 6.38. The van der Waals surface area contributed by atoms with Crippen molar-refractivity contribution in [3.8, 4) is 0 Å². The van der Waals surface area contributed by atoms with Crippen LogP contribution in [0.2, 0.25) is 5.02 Å². The molecule has 1 aromatic heterocycles. The second-order valence-corrected chi connectivity index (χ2v) is 6.51. The van der Waals surface area contributed by atoms with Crippen molar-refractivity contribution in [1.82, 2.24) is 15.1 Å². The van der Waals surface area contributed by atoms with Gasteiger partial charge in [0.05, 0.1) is 23.0 Å². The SMILES string of the molecule is CCCNC(c1c(Cl)cnn1C)C1(C)CCCCC1. The van der Waals surface area contributed by atoms with Crippen LogP contribution in [0.4, 0.5) is 0 Å². The van der Waals surface area contributed by atoms with Crippen LogP contribution in [0.1, 0.15) is 64.1 Å². The first-order chi connectivity index (χ1) is 9.08. The summed E-state index contributed by atoms with van der Waals surface area (Å²) < 4.78 is 1.94. The van der Waals surface area contributed by atoms with Gasteiger partial charge in [-0.3, -0.25) is 4.68 Å². The molecule has 1 saturated carbocycles. The summed E-state index contributed by atoms with van der Waals surface area (Å²) >= 11 is 6.38. The van der Waals surface area contributed by atoms with Crippen molar-refractivity contribution in [1.29, 1.82) is 0 Å². The van der Waals surface area contributed by atoms with Crippen LogP contribution >= 0.6 is 11.6 Å². The van der Waals surface area contributed by atoms with Gasteiger partial charge < -0.3 is 5.32 Å². The van der Waals surface area contributed by atoms with Crippen LogP contribution < -0.4 is 5.32 Å². The van der Waals surface area contributed by atoms with Gasteiger partial charge in [0.15, 0.2) is 0 Å². The third-order valence-electron chi connectivity index (χ3n) is 4.50. The number of hydrogen-bond donors (Lipinski definition) is 1. The van der Waals surface area contributed by atoms with Gasteiger partial charge in [-0.1, -0.05) is 44.7 Å². The standard InChI is InChI=1S/C15H26ClN3/c1-4-10-17-14(13-12(16)11-18-19(13)3)15(2)8-6-5-7-9-15/h11,14,17H,4-10H2,1-3H3. The first-order valence-corrected chi connectivity index (χ1v) is 7.87. The molecule has 1 aromatic rings. The van der Waals surface area contributed by atoms with Gasteiger partial charge >= 0.3 is 0 Å². The predicted octanol–water partition coefficient (Wildman–Crippen LogP) is 4.08. The molecule has 3 nitrogen and oxygen atoms in total. The molecule has 108 valence electrons. The minimum atomic E-state index is 0.296. The van der Waals surface area contributed by atoms with E-state index in [0.717, 1.165) is 23.7 Å². The number of halogens is 1. The monoisotopic (exact) mass is 283 g/mol. The zero-order valence-corrected chi connectivity index (χ0v) is 13.1. The molecule has 1 unspecified atom stereocenters. The Morgan fingerprint density at radius 2 is 2.11 bits per heavy atom. The lowest BCUT2D eigenvalue weighted by Crippen LogP contribution is -2.39. The number of nitrogens with zero attached hydrogens (tertiary/aromatic N) is 2. The molecule has 1 aliphatic carbocycles. The van der Waals surface area contributed by atoms with Crippen molar-refractivity contribution in [2.45, 2.75) is 58.4 Å².